The number of aryl methyl sites for hydroxylation is 1. The van der Waals surface area contributed by atoms with Gasteiger partial charge in [-0.2, -0.15) is 0 Å². The molecule has 78 valence electrons. The second-order valence-electron chi connectivity index (χ2n) is 3.22. The van der Waals surface area contributed by atoms with Crippen molar-refractivity contribution < 1.29 is 0 Å². The van der Waals surface area contributed by atoms with Crippen molar-refractivity contribution in [2.75, 3.05) is 7.05 Å². The lowest BCUT2D eigenvalue weighted by molar-refractivity contribution is 0.795. The monoisotopic (exact) mass is 220 g/mol. The number of hydrogen-bond donors (Lipinski definition) is 1. The fraction of sp³-hybridized carbons (Fsp3) is 0.300. The average molecular weight is 220 g/mol. The van der Waals surface area contributed by atoms with Crippen molar-refractivity contribution >= 4 is 11.3 Å². The van der Waals surface area contributed by atoms with E-state index in [1.165, 1.54) is 0 Å². The molecule has 0 aliphatic carbocycles. The van der Waals surface area contributed by atoms with Crippen molar-refractivity contribution in [1.29, 1.82) is 0 Å². The van der Waals surface area contributed by atoms with Crippen molar-refractivity contribution in [3.8, 4) is 10.6 Å². The Morgan fingerprint density at radius 3 is 3.00 bits per heavy atom. The number of aromatic nitrogens is 3. The molecule has 0 unspecified atom stereocenters. The third-order valence-corrected chi connectivity index (χ3v) is 2.91. The Bertz CT molecular complexity index is 452. The van der Waals surface area contributed by atoms with E-state index >= 15 is 0 Å². The van der Waals surface area contributed by atoms with Crippen molar-refractivity contribution in [3.05, 3.63) is 29.0 Å². The lowest BCUT2D eigenvalue weighted by Gasteiger charge is -1.95. The van der Waals surface area contributed by atoms with Crippen LogP contribution in [0.25, 0.3) is 10.6 Å². The van der Waals surface area contributed by atoms with Gasteiger partial charge in [-0.05, 0) is 26.1 Å². The first-order valence-electron chi connectivity index (χ1n) is 4.69. The quantitative estimate of drug-likeness (QED) is 0.854. The Kier molecular flexibility index (Phi) is 3.03. The van der Waals surface area contributed by atoms with Gasteiger partial charge in [-0.1, -0.05) is 11.3 Å². The zero-order chi connectivity index (χ0) is 10.7. The molecule has 0 saturated heterocycles. The lowest BCUT2D eigenvalue weighted by Crippen LogP contribution is -2.04. The van der Waals surface area contributed by atoms with Crippen molar-refractivity contribution in [1.82, 2.24) is 20.5 Å². The topological polar surface area (TPSA) is 50.7 Å². The summed E-state index contributed by atoms with van der Waals surface area (Å²) >= 11 is 1.61. The van der Waals surface area contributed by atoms with Crippen LogP contribution in [0.5, 0.6) is 0 Å². The summed E-state index contributed by atoms with van der Waals surface area (Å²) in [5.74, 6) is 0. The number of rotatable bonds is 3. The third-order valence-electron chi connectivity index (χ3n) is 1.94. The first kappa shape index (κ1) is 10.2. The molecule has 0 amide bonds. The largest absolute Gasteiger partial charge is 0.313 e. The van der Waals surface area contributed by atoms with Gasteiger partial charge in [0.05, 0.1) is 0 Å². The SMILES string of the molecule is CNCc1nnc(-c2ccnc(C)c2)s1. The highest BCUT2D eigenvalue weighted by Gasteiger charge is 2.05. The molecule has 0 aliphatic rings. The maximum atomic E-state index is 4.15. The summed E-state index contributed by atoms with van der Waals surface area (Å²) < 4.78 is 0. The predicted molar refractivity (Wildman–Crippen MR) is 60.6 cm³/mol. The van der Waals surface area contributed by atoms with Gasteiger partial charge in [0.15, 0.2) is 0 Å². The van der Waals surface area contributed by atoms with Crippen molar-refractivity contribution in [3.63, 3.8) is 0 Å². The molecule has 4 nitrogen and oxygen atoms in total. The first-order chi connectivity index (χ1) is 7.29. The van der Waals surface area contributed by atoms with E-state index in [0.29, 0.717) is 0 Å². The minimum Gasteiger partial charge on any atom is -0.313 e. The van der Waals surface area contributed by atoms with Gasteiger partial charge < -0.3 is 5.32 Å². The first-order valence-corrected chi connectivity index (χ1v) is 5.51. The standard InChI is InChI=1S/C10H12N4S/c1-7-5-8(3-4-12-7)10-14-13-9(15-10)6-11-2/h3-5,11H,6H2,1-2H3. The summed E-state index contributed by atoms with van der Waals surface area (Å²) in [4.78, 5) is 4.15. The molecule has 0 fully saturated rings. The van der Waals surface area contributed by atoms with Gasteiger partial charge in [-0.15, -0.1) is 10.2 Å². The van der Waals surface area contributed by atoms with Crippen LogP contribution in [0, 0.1) is 6.92 Å². The van der Waals surface area contributed by atoms with Gasteiger partial charge in [-0.3, -0.25) is 4.98 Å². The van der Waals surface area contributed by atoms with Crippen LogP contribution in [0.1, 0.15) is 10.7 Å². The molecule has 1 N–H and O–H groups in total. The molecule has 15 heavy (non-hydrogen) atoms. The molecule has 0 aromatic carbocycles. The van der Waals surface area contributed by atoms with Gasteiger partial charge in [0.1, 0.15) is 10.0 Å². The molecule has 2 heterocycles. The van der Waals surface area contributed by atoms with Crippen LogP contribution in [-0.2, 0) is 6.54 Å². The highest BCUT2D eigenvalue weighted by molar-refractivity contribution is 7.14. The molecule has 0 atom stereocenters. The Morgan fingerprint density at radius 2 is 2.27 bits per heavy atom. The smallest absolute Gasteiger partial charge is 0.147 e. The number of nitrogens with one attached hydrogen (secondary N) is 1. The van der Waals surface area contributed by atoms with Crippen LogP contribution in [-0.4, -0.2) is 22.2 Å². The number of hydrogen-bond acceptors (Lipinski definition) is 5. The summed E-state index contributed by atoms with van der Waals surface area (Å²) in [6.45, 7) is 2.74. The minimum absolute atomic E-state index is 0.766. The van der Waals surface area contributed by atoms with Crippen molar-refractivity contribution in [2.24, 2.45) is 0 Å². The number of pyridine rings is 1. The van der Waals surface area contributed by atoms with Crippen LogP contribution in [0.2, 0.25) is 0 Å². The Hall–Kier alpha value is -1.33. The summed E-state index contributed by atoms with van der Waals surface area (Å²) in [6.07, 6.45) is 1.80. The summed E-state index contributed by atoms with van der Waals surface area (Å²) in [7, 11) is 1.90. The van der Waals surface area contributed by atoms with Gasteiger partial charge in [-0.25, -0.2) is 0 Å². The normalized spacial score (nSPS) is 10.5. The molecule has 0 bridgehead atoms. The summed E-state index contributed by atoms with van der Waals surface area (Å²) in [5.41, 5.74) is 2.08. The van der Waals surface area contributed by atoms with E-state index in [1.807, 2.05) is 26.1 Å². The van der Waals surface area contributed by atoms with E-state index in [1.54, 1.807) is 17.5 Å². The average Bonchev–Trinajstić information content (AvgIpc) is 2.67. The van der Waals surface area contributed by atoms with Gasteiger partial charge in [0, 0.05) is 24.0 Å². The van der Waals surface area contributed by atoms with Crippen LogP contribution in [0.3, 0.4) is 0 Å². The second kappa shape index (κ2) is 4.46. The molecule has 0 saturated carbocycles. The zero-order valence-electron chi connectivity index (χ0n) is 8.69. The maximum absolute atomic E-state index is 4.15. The number of nitrogens with zero attached hydrogens (tertiary/aromatic N) is 3. The van der Waals surface area contributed by atoms with E-state index in [4.69, 9.17) is 0 Å². The van der Waals surface area contributed by atoms with E-state index in [0.717, 1.165) is 27.8 Å². The molecule has 0 spiro atoms. The van der Waals surface area contributed by atoms with E-state index in [2.05, 4.69) is 20.5 Å². The van der Waals surface area contributed by atoms with Crippen LogP contribution in [0.4, 0.5) is 0 Å². The molecule has 0 radical (unpaired) electrons. The van der Waals surface area contributed by atoms with Gasteiger partial charge >= 0.3 is 0 Å². The highest BCUT2D eigenvalue weighted by Crippen LogP contribution is 2.23. The second-order valence-corrected chi connectivity index (χ2v) is 4.28. The van der Waals surface area contributed by atoms with E-state index < -0.39 is 0 Å². The maximum Gasteiger partial charge on any atom is 0.147 e. The van der Waals surface area contributed by atoms with Crippen LogP contribution < -0.4 is 5.32 Å². The van der Waals surface area contributed by atoms with E-state index in [-0.39, 0.29) is 0 Å². The summed E-state index contributed by atoms with van der Waals surface area (Å²) in [6, 6.07) is 3.97. The minimum atomic E-state index is 0.766. The fourth-order valence-electron chi connectivity index (χ4n) is 1.27. The van der Waals surface area contributed by atoms with Gasteiger partial charge in [0.25, 0.3) is 0 Å². The Labute approximate surface area is 92.4 Å². The van der Waals surface area contributed by atoms with Crippen LogP contribution >= 0.6 is 11.3 Å². The molecular formula is C10H12N4S. The zero-order valence-corrected chi connectivity index (χ0v) is 9.51. The summed E-state index contributed by atoms with van der Waals surface area (Å²) in [5, 5.41) is 13.3. The third kappa shape index (κ3) is 2.37. The fourth-order valence-corrected chi connectivity index (χ4v) is 2.12. The molecule has 2 rings (SSSR count). The molecular weight excluding hydrogens is 208 g/mol. The Morgan fingerprint density at radius 1 is 1.40 bits per heavy atom. The van der Waals surface area contributed by atoms with Crippen LogP contribution in [0.15, 0.2) is 18.3 Å². The molecule has 2 aromatic rings. The highest BCUT2D eigenvalue weighted by atomic mass is 32.1. The van der Waals surface area contributed by atoms with E-state index in [9.17, 15) is 0 Å². The van der Waals surface area contributed by atoms with Crippen molar-refractivity contribution in [2.45, 2.75) is 13.5 Å². The molecule has 2 aromatic heterocycles. The molecule has 0 aliphatic heterocycles. The Balaban J connectivity index is 2.29. The lowest BCUT2D eigenvalue weighted by atomic mass is 10.2. The predicted octanol–water partition coefficient (Wildman–Crippen LogP) is 1.63. The molecule has 5 heteroatoms. The van der Waals surface area contributed by atoms with Gasteiger partial charge in [0.2, 0.25) is 0 Å².